The van der Waals surface area contributed by atoms with Crippen molar-refractivity contribution < 1.29 is 19.1 Å². The molecular weight excluding hydrogens is 432 g/mol. The number of fused-ring (bicyclic) bond motifs is 1. The second kappa shape index (κ2) is 11.9. The summed E-state index contributed by atoms with van der Waals surface area (Å²) in [4.78, 5) is 31.9. The lowest BCUT2D eigenvalue weighted by atomic mass is 9.95. The zero-order valence-corrected chi connectivity index (χ0v) is 20.8. The third-order valence-corrected chi connectivity index (χ3v) is 7.01. The first-order chi connectivity index (χ1) is 16.5. The highest BCUT2D eigenvalue weighted by molar-refractivity contribution is 5.79. The minimum absolute atomic E-state index is 0.0312. The van der Waals surface area contributed by atoms with E-state index >= 15 is 0 Å². The van der Waals surface area contributed by atoms with E-state index in [2.05, 4.69) is 29.0 Å². The number of likely N-dealkylation sites (tertiary alicyclic amines) is 1. The van der Waals surface area contributed by atoms with Gasteiger partial charge in [0.1, 0.15) is 0 Å². The van der Waals surface area contributed by atoms with Gasteiger partial charge in [0.05, 0.1) is 32.3 Å². The van der Waals surface area contributed by atoms with Crippen molar-refractivity contribution in [2.24, 2.45) is 5.92 Å². The first kappa shape index (κ1) is 24.8. The Kier molecular flexibility index (Phi) is 8.67. The Morgan fingerprint density at radius 1 is 0.853 bits per heavy atom. The SMILES string of the molecule is CC(C)C(NC(=O)CN1CCN(CC(=O)N2CCCCC2)CC1)c1ccc2c(c1)OCCCO2. The molecule has 3 aliphatic rings. The van der Waals surface area contributed by atoms with Crippen LogP contribution in [0.3, 0.4) is 0 Å². The predicted molar refractivity (Wildman–Crippen MR) is 131 cm³/mol. The first-order valence-corrected chi connectivity index (χ1v) is 12.9. The van der Waals surface area contributed by atoms with E-state index in [-0.39, 0.29) is 23.8 Å². The van der Waals surface area contributed by atoms with Crippen molar-refractivity contribution in [1.82, 2.24) is 20.0 Å². The summed E-state index contributed by atoms with van der Waals surface area (Å²) in [5.74, 6) is 2.05. The number of carbonyl (C=O) groups excluding carboxylic acids is 2. The lowest BCUT2D eigenvalue weighted by Gasteiger charge is -2.36. The second-order valence-corrected chi connectivity index (χ2v) is 10.0. The molecule has 8 heteroatoms. The van der Waals surface area contributed by atoms with Crippen LogP contribution in [0.5, 0.6) is 11.5 Å². The van der Waals surface area contributed by atoms with E-state index in [1.807, 2.05) is 23.1 Å². The molecule has 1 atom stereocenters. The molecule has 0 aliphatic carbocycles. The van der Waals surface area contributed by atoms with Gasteiger partial charge in [0, 0.05) is 45.7 Å². The summed E-state index contributed by atoms with van der Waals surface area (Å²) in [6.07, 6.45) is 4.35. The fraction of sp³-hybridized carbons (Fsp3) is 0.692. The quantitative estimate of drug-likeness (QED) is 0.657. The lowest BCUT2D eigenvalue weighted by Crippen LogP contribution is -2.52. The van der Waals surface area contributed by atoms with Crippen LogP contribution in [0.15, 0.2) is 18.2 Å². The first-order valence-electron chi connectivity index (χ1n) is 12.9. The smallest absolute Gasteiger partial charge is 0.236 e. The van der Waals surface area contributed by atoms with Gasteiger partial charge >= 0.3 is 0 Å². The highest BCUT2D eigenvalue weighted by Gasteiger charge is 2.25. The Morgan fingerprint density at radius 3 is 2.18 bits per heavy atom. The van der Waals surface area contributed by atoms with Gasteiger partial charge in [-0.3, -0.25) is 19.4 Å². The summed E-state index contributed by atoms with van der Waals surface area (Å²) < 4.78 is 11.6. The van der Waals surface area contributed by atoms with Gasteiger partial charge in [-0.2, -0.15) is 0 Å². The molecule has 0 radical (unpaired) electrons. The molecule has 8 nitrogen and oxygen atoms in total. The van der Waals surface area contributed by atoms with Gasteiger partial charge in [0.2, 0.25) is 11.8 Å². The van der Waals surface area contributed by atoms with Crippen molar-refractivity contribution in [1.29, 1.82) is 0 Å². The third kappa shape index (κ3) is 6.63. The molecule has 34 heavy (non-hydrogen) atoms. The minimum atomic E-state index is -0.0897. The number of nitrogens with one attached hydrogen (secondary N) is 1. The number of rotatable bonds is 7. The van der Waals surface area contributed by atoms with E-state index in [9.17, 15) is 9.59 Å². The minimum Gasteiger partial charge on any atom is -0.490 e. The van der Waals surface area contributed by atoms with E-state index in [0.717, 1.165) is 75.6 Å². The van der Waals surface area contributed by atoms with E-state index in [0.29, 0.717) is 26.3 Å². The molecule has 1 aromatic rings. The Balaban J connectivity index is 1.25. The number of piperazine rings is 1. The second-order valence-electron chi connectivity index (χ2n) is 10.0. The van der Waals surface area contributed by atoms with Gasteiger partial charge in [0.25, 0.3) is 0 Å². The molecule has 0 bridgehead atoms. The fourth-order valence-electron chi connectivity index (χ4n) is 4.97. The van der Waals surface area contributed by atoms with Crippen LogP contribution in [0.2, 0.25) is 0 Å². The van der Waals surface area contributed by atoms with Crippen molar-refractivity contribution in [3.05, 3.63) is 23.8 Å². The number of benzene rings is 1. The normalized spacial score (nSPS) is 20.6. The topological polar surface area (TPSA) is 74.4 Å². The molecule has 2 fully saturated rings. The van der Waals surface area contributed by atoms with Gasteiger partial charge in [-0.25, -0.2) is 0 Å². The maximum absolute atomic E-state index is 12.9. The maximum atomic E-state index is 12.9. The molecular formula is C26H40N4O4. The van der Waals surface area contributed by atoms with Crippen LogP contribution in [0, 0.1) is 5.92 Å². The Morgan fingerprint density at radius 2 is 1.50 bits per heavy atom. The monoisotopic (exact) mass is 472 g/mol. The number of nitrogens with zero attached hydrogens (tertiary/aromatic N) is 3. The predicted octanol–water partition coefficient (Wildman–Crippen LogP) is 2.29. The summed E-state index contributed by atoms with van der Waals surface area (Å²) in [6, 6.07) is 5.88. The molecule has 0 aromatic heterocycles. The highest BCUT2D eigenvalue weighted by Crippen LogP contribution is 2.34. The molecule has 2 amide bonds. The number of piperidine rings is 1. The zero-order valence-electron chi connectivity index (χ0n) is 20.8. The van der Waals surface area contributed by atoms with E-state index in [1.54, 1.807) is 0 Å². The molecule has 2 saturated heterocycles. The number of hydrogen-bond donors (Lipinski definition) is 1. The highest BCUT2D eigenvalue weighted by atomic mass is 16.5. The van der Waals surface area contributed by atoms with Gasteiger partial charge in [-0.05, 0) is 42.9 Å². The standard InChI is InChI=1S/C26H40N4O4/c1-20(2)26(21-7-8-22-23(17-21)34-16-6-15-33-22)27-24(31)18-28-11-13-29(14-12-28)19-25(32)30-9-4-3-5-10-30/h7-8,17,20,26H,3-6,9-16,18-19H2,1-2H3,(H,27,31). The summed E-state index contributed by atoms with van der Waals surface area (Å²) in [5.41, 5.74) is 1.04. The summed E-state index contributed by atoms with van der Waals surface area (Å²) in [5, 5.41) is 3.24. The number of carbonyl (C=O) groups is 2. The van der Waals surface area contributed by atoms with Crippen LogP contribution >= 0.6 is 0 Å². The van der Waals surface area contributed by atoms with Gasteiger partial charge < -0.3 is 19.7 Å². The van der Waals surface area contributed by atoms with Crippen molar-refractivity contribution in [3.63, 3.8) is 0 Å². The van der Waals surface area contributed by atoms with E-state index in [4.69, 9.17) is 9.47 Å². The third-order valence-electron chi connectivity index (χ3n) is 7.01. The van der Waals surface area contributed by atoms with Crippen LogP contribution in [0.4, 0.5) is 0 Å². The summed E-state index contributed by atoms with van der Waals surface area (Å²) in [7, 11) is 0. The molecule has 4 rings (SSSR count). The molecule has 188 valence electrons. The number of amides is 2. The van der Waals surface area contributed by atoms with E-state index in [1.165, 1.54) is 6.42 Å². The van der Waals surface area contributed by atoms with Crippen molar-refractivity contribution in [2.75, 3.05) is 65.6 Å². The van der Waals surface area contributed by atoms with Crippen LogP contribution in [-0.2, 0) is 9.59 Å². The average molecular weight is 473 g/mol. The molecule has 1 N–H and O–H groups in total. The number of ether oxygens (including phenoxy) is 2. The number of hydrogen-bond acceptors (Lipinski definition) is 6. The molecule has 1 aromatic carbocycles. The van der Waals surface area contributed by atoms with E-state index < -0.39 is 0 Å². The van der Waals surface area contributed by atoms with Crippen molar-refractivity contribution in [3.8, 4) is 11.5 Å². The lowest BCUT2D eigenvalue weighted by molar-refractivity contribution is -0.134. The Labute approximate surface area is 203 Å². The van der Waals surface area contributed by atoms with Crippen molar-refractivity contribution >= 4 is 11.8 Å². The molecule has 3 heterocycles. The van der Waals surface area contributed by atoms with Gasteiger partial charge in [-0.1, -0.05) is 19.9 Å². The van der Waals surface area contributed by atoms with Crippen LogP contribution in [0.25, 0.3) is 0 Å². The molecule has 0 saturated carbocycles. The fourth-order valence-corrected chi connectivity index (χ4v) is 4.97. The summed E-state index contributed by atoms with van der Waals surface area (Å²) >= 11 is 0. The largest absolute Gasteiger partial charge is 0.490 e. The molecule has 0 spiro atoms. The average Bonchev–Trinajstić information content (AvgIpc) is 3.09. The molecule has 3 aliphatic heterocycles. The maximum Gasteiger partial charge on any atom is 0.236 e. The van der Waals surface area contributed by atoms with Crippen LogP contribution in [0.1, 0.15) is 51.1 Å². The van der Waals surface area contributed by atoms with Crippen molar-refractivity contribution in [2.45, 2.75) is 45.6 Å². The van der Waals surface area contributed by atoms with Crippen LogP contribution in [-0.4, -0.2) is 92.1 Å². The Bertz CT molecular complexity index is 832. The summed E-state index contributed by atoms with van der Waals surface area (Å²) in [6.45, 7) is 11.5. The van der Waals surface area contributed by atoms with Gasteiger partial charge in [0.15, 0.2) is 11.5 Å². The van der Waals surface area contributed by atoms with Crippen LogP contribution < -0.4 is 14.8 Å². The zero-order chi connectivity index (χ0) is 23.9. The molecule has 1 unspecified atom stereocenters. The van der Waals surface area contributed by atoms with Gasteiger partial charge in [-0.15, -0.1) is 0 Å². The Hall–Kier alpha value is -2.32.